The van der Waals surface area contributed by atoms with Gasteiger partial charge in [0.1, 0.15) is 18.2 Å². The molecule has 0 aliphatic rings. The Morgan fingerprint density at radius 3 is 2.57 bits per heavy atom. The van der Waals surface area contributed by atoms with Gasteiger partial charge in [0, 0.05) is 27.3 Å². The minimum atomic E-state index is 0.329. The highest BCUT2D eigenvalue weighted by molar-refractivity contribution is 5.40. The summed E-state index contributed by atoms with van der Waals surface area (Å²) >= 11 is 0. The van der Waals surface area contributed by atoms with Crippen LogP contribution in [-0.2, 0) is 22.7 Å². The lowest BCUT2D eigenvalue weighted by Gasteiger charge is -2.09. The molecule has 6 heteroatoms. The summed E-state index contributed by atoms with van der Waals surface area (Å²) < 4.78 is 16.0. The molecule has 0 amide bonds. The van der Waals surface area contributed by atoms with Gasteiger partial charge in [-0.05, 0) is 17.7 Å². The lowest BCUT2D eigenvalue weighted by molar-refractivity contribution is 0.177. The van der Waals surface area contributed by atoms with Crippen molar-refractivity contribution in [3.8, 4) is 11.6 Å². The largest absolute Gasteiger partial charge is 0.439 e. The van der Waals surface area contributed by atoms with E-state index in [0.29, 0.717) is 36.5 Å². The Morgan fingerprint density at radius 2 is 1.86 bits per heavy atom. The van der Waals surface area contributed by atoms with Crippen LogP contribution in [0.5, 0.6) is 11.6 Å². The third-order valence-electron chi connectivity index (χ3n) is 2.71. The van der Waals surface area contributed by atoms with Crippen LogP contribution in [0.2, 0.25) is 0 Å². The van der Waals surface area contributed by atoms with Gasteiger partial charge in [0.25, 0.3) is 0 Å². The van der Waals surface area contributed by atoms with Crippen LogP contribution in [0.15, 0.2) is 30.3 Å². The zero-order valence-electron chi connectivity index (χ0n) is 12.4. The Labute approximate surface area is 124 Å². The molecule has 6 nitrogen and oxygen atoms in total. The maximum absolute atomic E-state index is 5.79. The quantitative estimate of drug-likeness (QED) is 0.845. The van der Waals surface area contributed by atoms with Crippen molar-refractivity contribution in [2.24, 2.45) is 0 Å². The Morgan fingerprint density at radius 1 is 1.05 bits per heavy atom. The first kappa shape index (κ1) is 15.2. The van der Waals surface area contributed by atoms with Gasteiger partial charge in [-0.25, -0.2) is 4.98 Å². The minimum Gasteiger partial charge on any atom is -0.439 e. The lowest BCUT2D eigenvalue weighted by atomic mass is 10.2. The molecule has 0 spiro atoms. The fraction of sp³-hybridized carbons (Fsp3) is 0.333. The molecule has 0 aliphatic carbocycles. The second-order valence-electron chi connectivity index (χ2n) is 4.37. The van der Waals surface area contributed by atoms with Gasteiger partial charge >= 0.3 is 0 Å². The molecule has 1 aromatic heterocycles. The number of nitrogens with zero attached hydrogens (tertiary/aromatic N) is 2. The predicted octanol–water partition coefficient (Wildman–Crippen LogP) is 2.60. The molecule has 0 unspecified atom stereocenters. The van der Waals surface area contributed by atoms with E-state index in [1.165, 1.54) is 0 Å². The summed E-state index contributed by atoms with van der Waals surface area (Å²) in [6.45, 7) is 0.868. The molecule has 0 atom stereocenters. The van der Waals surface area contributed by atoms with Crippen molar-refractivity contribution in [2.75, 3.05) is 26.6 Å². The number of aromatic nitrogens is 2. The fourth-order valence-corrected chi connectivity index (χ4v) is 1.83. The summed E-state index contributed by atoms with van der Waals surface area (Å²) in [6, 6.07) is 9.42. The molecule has 112 valence electrons. The van der Waals surface area contributed by atoms with Crippen molar-refractivity contribution in [1.29, 1.82) is 0 Å². The number of nitrogens with one attached hydrogen (secondary N) is 1. The lowest BCUT2D eigenvalue weighted by Crippen LogP contribution is -2.03. The van der Waals surface area contributed by atoms with Crippen LogP contribution in [0.25, 0.3) is 0 Å². The van der Waals surface area contributed by atoms with E-state index in [2.05, 4.69) is 15.3 Å². The average Bonchev–Trinajstić information content (AvgIpc) is 2.48. The monoisotopic (exact) mass is 289 g/mol. The van der Waals surface area contributed by atoms with Gasteiger partial charge < -0.3 is 19.5 Å². The van der Waals surface area contributed by atoms with E-state index < -0.39 is 0 Å². The molecule has 1 N–H and O–H groups in total. The highest BCUT2D eigenvalue weighted by Gasteiger charge is 2.06. The number of hydrogen-bond acceptors (Lipinski definition) is 6. The first-order valence-corrected chi connectivity index (χ1v) is 6.55. The first-order chi connectivity index (χ1) is 10.2. The SMILES string of the molecule is CNc1cc(Oc2cccc(COC)c2)nc(COC)n1. The normalized spacial score (nSPS) is 10.4. The van der Waals surface area contributed by atoms with Crippen LogP contribution < -0.4 is 10.1 Å². The number of ether oxygens (including phenoxy) is 3. The van der Waals surface area contributed by atoms with E-state index in [1.807, 2.05) is 24.3 Å². The van der Waals surface area contributed by atoms with E-state index in [4.69, 9.17) is 14.2 Å². The van der Waals surface area contributed by atoms with Crippen molar-refractivity contribution >= 4 is 5.82 Å². The molecule has 0 saturated heterocycles. The Kier molecular flexibility index (Phi) is 5.48. The Bertz CT molecular complexity index is 590. The number of hydrogen-bond donors (Lipinski definition) is 1. The molecule has 0 radical (unpaired) electrons. The molecule has 2 aromatic rings. The van der Waals surface area contributed by atoms with Crippen LogP contribution in [-0.4, -0.2) is 31.2 Å². The molecule has 2 rings (SSSR count). The zero-order valence-corrected chi connectivity index (χ0v) is 12.4. The molecule has 1 aromatic carbocycles. The Balaban J connectivity index is 2.21. The molecular formula is C15H19N3O3. The van der Waals surface area contributed by atoms with E-state index in [-0.39, 0.29) is 0 Å². The number of benzene rings is 1. The van der Waals surface area contributed by atoms with E-state index >= 15 is 0 Å². The van der Waals surface area contributed by atoms with Crippen LogP contribution in [0.3, 0.4) is 0 Å². The van der Waals surface area contributed by atoms with Crippen LogP contribution >= 0.6 is 0 Å². The van der Waals surface area contributed by atoms with Gasteiger partial charge in [-0.15, -0.1) is 0 Å². The second kappa shape index (κ2) is 7.56. The zero-order chi connectivity index (χ0) is 15.1. The Hall–Kier alpha value is -2.18. The molecule has 21 heavy (non-hydrogen) atoms. The average molecular weight is 289 g/mol. The van der Waals surface area contributed by atoms with Gasteiger partial charge in [-0.1, -0.05) is 12.1 Å². The van der Waals surface area contributed by atoms with Crippen molar-refractivity contribution < 1.29 is 14.2 Å². The summed E-state index contributed by atoms with van der Waals surface area (Å²) in [5, 5.41) is 2.98. The predicted molar refractivity (Wildman–Crippen MR) is 79.5 cm³/mol. The van der Waals surface area contributed by atoms with Gasteiger partial charge in [0.05, 0.1) is 6.61 Å². The standard InChI is InChI=1S/C15H19N3O3/c1-16-13-8-15(18-14(17-13)10-20-3)21-12-6-4-5-11(7-12)9-19-2/h4-8H,9-10H2,1-3H3,(H,16,17,18). The fourth-order valence-electron chi connectivity index (χ4n) is 1.83. The van der Waals surface area contributed by atoms with Crippen molar-refractivity contribution in [3.63, 3.8) is 0 Å². The van der Waals surface area contributed by atoms with E-state index in [9.17, 15) is 0 Å². The topological polar surface area (TPSA) is 65.5 Å². The van der Waals surface area contributed by atoms with Gasteiger partial charge in [0.15, 0.2) is 5.82 Å². The maximum Gasteiger partial charge on any atom is 0.224 e. The number of rotatable bonds is 7. The van der Waals surface area contributed by atoms with Gasteiger partial charge in [0.2, 0.25) is 5.88 Å². The highest BCUT2D eigenvalue weighted by atomic mass is 16.5. The smallest absolute Gasteiger partial charge is 0.224 e. The molecular weight excluding hydrogens is 270 g/mol. The van der Waals surface area contributed by atoms with Gasteiger partial charge in [-0.3, -0.25) is 0 Å². The maximum atomic E-state index is 5.79. The molecule has 0 fully saturated rings. The summed E-state index contributed by atoms with van der Waals surface area (Å²) in [4.78, 5) is 8.60. The van der Waals surface area contributed by atoms with Crippen molar-refractivity contribution in [2.45, 2.75) is 13.2 Å². The third-order valence-corrected chi connectivity index (χ3v) is 2.71. The third kappa shape index (κ3) is 4.40. The van der Waals surface area contributed by atoms with E-state index in [1.54, 1.807) is 27.3 Å². The number of methoxy groups -OCH3 is 2. The van der Waals surface area contributed by atoms with Crippen molar-refractivity contribution in [1.82, 2.24) is 9.97 Å². The highest BCUT2D eigenvalue weighted by Crippen LogP contribution is 2.23. The first-order valence-electron chi connectivity index (χ1n) is 6.55. The minimum absolute atomic E-state index is 0.329. The molecule has 0 saturated carbocycles. The van der Waals surface area contributed by atoms with Crippen LogP contribution in [0.4, 0.5) is 5.82 Å². The summed E-state index contributed by atoms with van der Waals surface area (Å²) in [7, 11) is 5.06. The van der Waals surface area contributed by atoms with Crippen LogP contribution in [0.1, 0.15) is 11.4 Å². The summed E-state index contributed by atoms with van der Waals surface area (Å²) in [6.07, 6.45) is 0. The van der Waals surface area contributed by atoms with Crippen molar-refractivity contribution in [3.05, 3.63) is 41.7 Å². The second-order valence-corrected chi connectivity index (χ2v) is 4.37. The summed E-state index contributed by atoms with van der Waals surface area (Å²) in [5.41, 5.74) is 1.04. The van der Waals surface area contributed by atoms with E-state index in [0.717, 1.165) is 5.56 Å². The van der Waals surface area contributed by atoms with Gasteiger partial charge in [-0.2, -0.15) is 4.98 Å². The molecule has 0 aliphatic heterocycles. The van der Waals surface area contributed by atoms with Crippen LogP contribution in [0, 0.1) is 0 Å². The molecule has 1 heterocycles. The summed E-state index contributed by atoms with van der Waals surface area (Å²) in [5.74, 6) is 2.41. The molecule has 0 bridgehead atoms. The number of anilines is 1.